The van der Waals surface area contributed by atoms with Crippen molar-refractivity contribution in [1.29, 1.82) is 0 Å². The van der Waals surface area contributed by atoms with Crippen LogP contribution in [0.15, 0.2) is 24.3 Å². The van der Waals surface area contributed by atoms with Crippen LogP contribution in [0.1, 0.15) is 30.4 Å². The Morgan fingerprint density at radius 1 is 1.30 bits per heavy atom. The first-order valence-electron chi connectivity index (χ1n) is 8.89. The van der Waals surface area contributed by atoms with Gasteiger partial charge in [0, 0.05) is 26.2 Å². The number of aryl methyl sites for hydroxylation is 1. The van der Waals surface area contributed by atoms with Crippen molar-refractivity contribution in [2.45, 2.75) is 44.9 Å². The molecular formula is C19H26N2O2. The molecule has 2 saturated heterocycles. The Morgan fingerprint density at radius 2 is 2.13 bits per heavy atom. The Kier molecular flexibility index (Phi) is 4.12. The fourth-order valence-electron chi connectivity index (χ4n) is 3.87. The molecule has 2 bridgehead atoms. The summed E-state index contributed by atoms with van der Waals surface area (Å²) in [6, 6.07) is 8.55. The summed E-state index contributed by atoms with van der Waals surface area (Å²) in [5, 5.41) is 3.14. The van der Waals surface area contributed by atoms with Crippen molar-refractivity contribution in [3.05, 3.63) is 35.4 Å². The fourth-order valence-corrected chi connectivity index (χ4v) is 3.87. The zero-order valence-electron chi connectivity index (χ0n) is 13.8. The molecule has 0 aromatic heterocycles. The van der Waals surface area contributed by atoms with E-state index in [4.69, 9.17) is 4.74 Å². The normalized spacial score (nSPS) is 30.4. The van der Waals surface area contributed by atoms with Gasteiger partial charge in [0.1, 0.15) is 0 Å². The molecule has 0 unspecified atom stereocenters. The lowest BCUT2D eigenvalue weighted by Crippen LogP contribution is -2.45. The average Bonchev–Trinajstić information content (AvgIpc) is 3.32. The summed E-state index contributed by atoms with van der Waals surface area (Å²) in [6.07, 6.45) is 3.72. The van der Waals surface area contributed by atoms with E-state index in [1.165, 1.54) is 24.0 Å². The second kappa shape index (κ2) is 6.25. The Morgan fingerprint density at radius 3 is 2.91 bits per heavy atom. The van der Waals surface area contributed by atoms with Crippen LogP contribution >= 0.6 is 0 Å². The van der Waals surface area contributed by atoms with Crippen LogP contribution in [0.4, 0.5) is 0 Å². The number of ether oxygens (including phenoxy) is 1. The van der Waals surface area contributed by atoms with Gasteiger partial charge in [-0.3, -0.25) is 9.69 Å². The van der Waals surface area contributed by atoms with Gasteiger partial charge in [-0.1, -0.05) is 24.3 Å². The summed E-state index contributed by atoms with van der Waals surface area (Å²) in [5.41, 5.74) is 2.72. The van der Waals surface area contributed by atoms with Crippen molar-refractivity contribution in [1.82, 2.24) is 10.2 Å². The van der Waals surface area contributed by atoms with Crippen molar-refractivity contribution in [3.8, 4) is 0 Å². The Balaban J connectivity index is 1.36. The van der Waals surface area contributed by atoms with E-state index in [0.29, 0.717) is 0 Å². The quantitative estimate of drug-likeness (QED) is 0.905. The second-order valence-corrected chi connectivity index (χ2v) is 7.45. The fraction of sp³-hybridized carbons (Fsp3) is 0.632. The molecule has 2 heterocycles. The van der Waals surface area contributed by atoms with Crippen molar-refractivity contribution in [2.75, 3.05) is 19.6 Å². The largest absolute Gasteiger partial charge is 0.371 e. The van der Waals surface area contributed by atoms with Gasteiger partial charge in [-0.25, -0.2) is 0 Å². The summed E-state index contributed by atoms with van der Waals surface area (Å²) in [6.45, 7) is 5.79. The van der Waals surface area contributed by atoms with Gasteiger partial charge in [0.2, 0.25) is 5.91 Å². The number of amides is 1. The van der Waals surface area contributed by atoms with Crippen LogP contribution in [0.25, 0.3) is 0 Å². The van der Waals surface area contributed by atoms with E-state index in [-0.39, 0.29) is 24.0 Å². The molecule has 4 rings (SSSR count). The third-order valence-electron chi connectivity index (χ3n) is 5.49. The Bertz CT molecular complexity index is 584. The molecular weight excluding hydrogens is 288 g/mol. The van der Waals surface area contributed by atoms with Crippen molar-refractivity contribution < 1.29 is 9.53 Å². The molecule has 2 aliphatic heterocycles. The van der Waals surface area contributed by atoms with Crippen molar-refractivity contribution in [2.24, 2.45) is 11.8 Å². The SMILES string of the molecule is Cc1ccccc1CN1C[C@H]2C[C@H](C(=O)NCC3CC3)[C@@H](C1)O2. The molecule has 124 valence electrons. The highest BCUT2D eigenvalue weighted by Gasteiger charge is 2.44. The average molecular weight is 314 g/mol. The van der Waals surface area contributed by atoms with Crippen LogP contribution in [-0.4, -0.2) is 42.6 Å². The number of fused-ring (bicyclic) bond motifs is 2. The molecule has 3 fully saturated rings. The molecule has 4 heteroatoms. The monoisotopic (exact) mass is 314 g/mol. The molecule has 3 aliphatic rings. The maximum absolute atomic E-state index is 12.4. The van der Waals surface area contributed by atoms with Crippen molar-refractivity contribution >= 4 is 5.91 Å². The molecule has 3 atom stereocenters. The maximum Gasteiger partial charge on any atom is 0.225 e. The van der Waals surface area contributed by atoms with Crippen molar-refractivity contribution in [3.63, 3.8) is 0 Å². The van der Waals surface area contributed by atoms with E-state index in [1.807, 2.05) is 0 Å². The second-order valence-electron chi connectivity index (χ2n) is 7.45. The van der Waals surface area contributed by atoms with E-state index < -0.39 is 0 Å². The van der Waals surface area contributed by atoms with E-state index in [0.717, 1.165) is 38.5 Å². The number of carbonyl (C=O) groups excluding carboxylic acids is 1. The number of nitrogens with one attached hydrogen (secondary N) is 1. The number of morpholine rings is 1. The van der Waals surface area contributed by atoms with Crippen LogP contribution < -0.4 is 5.32 Å². The first kappa shape index (κ1) is 15.2. The van der Waals surface area contributed by atoms with Gasteiger partial charge in [0.15, 0.2) is 0 Å². The molecule has 0 radical (unpaired) electrons. The number of hydrogen-bond acceptors (Lipinski definition) is 3. The van der Waals surface area contributed by atoms with E-state index >= 15 is 0 Å². The first-order chi connectivity index (χ1) is 11.2. The van der Waals surface area contributed by atoms with E-state index in [9.17, 15) is 4.79 Å². The Hall–Kier alpha value is -1.39. The highest BCUT2D eigenvalue weighted by atomic mass is 16.5. The zero-order chi connectivity index (χ0) is 15.8. The van der Waals surface area contributed by atoms with Gasteiger partial charge in [-0.2, -0.15) is 0 Å². The summed E-state index contributed by atoms with van der Waals surface area (Å²) < 4.78 is 6.05. The molecule has 1 N–H and O–H groups in total. The zero-order valence-corrected chi connectivity index (χ0v) is 13.8. The molecule has 0 spiro atoms. The minimum atomic E-state index is 0.0422. The lowest BCUT2D eigenvalue weighted by atomic mass is 9.99. The number of carbonyl (C=O) groups is 1. The molecule has 4 nitrogen and oxygen atoms in total. The van der Waals surface area contributed by atoms with Crippen LogP contribution in [0.5, 0.6) is 0 Å². The minimum Gasteiger partial charge on any atom is -0.371 e. The highest BCUT2D eigenvalue weighted by Crippen LogP contribution is 2.33. The van der Waals surface area contributed by atoms with Crippen LogP contribution in [-0.2, 0) is 16.1 Å². The van der Waals surface area contributed by atoms with E-state index in [2.05, 4.69) is 41.4 Å². The topological polar surface area (TPSA) is 41.6 Å². The number of nitrogens with zero attached hydrogens (tertiary/aromatic N) is 1. The van der Waals surface area contributed by atoms with Gasteiger partial charge in [-0.05, 0) is 43.2 Å². The van der Waals surface area contributed by atoms with Gasteiger partial charge in [0.05, 0.1) is 18.1 Å². The van der Waals surface area contributed by atoms with Crippen LogP contribution in [0.3, 0.4) is 0 Å². The highest BCUT2D eigenvalue weighted by molar-refractivity contribution is 5.79. The maximum atomic E-state index is 12.4. The molecule has 1 amide bonds. The molecule has 1 aromatic carbocycles. The third kappa shape index (κ3) is 3.43. The first-order valence-corrected chi connectivity index (χ1v) is 8.89. The standard InChI is InChI=1S/C19H26N2O2/c1-13-4-2-3-5-15(13)10-21-11-16-8-17(18(12-21)23-16)19(22)20-9-14-6-7-14/h2-5,14,16-18H,6-12H2,1H3,(H,20,22)/t16-,17+,18-/m1/s1. The van der Waals surface area contributed by atoms with Gasteiger partial charge < -0.3 is 10.1 Å². The van der Waals surface area contributed by atoms with Gasteiger partial charge in [-0.15, -0.1) is 0 Å². The molecule has 23 heavy (non-hydrogen) atoms. The van der Waals surface area contributed by atoms with Gasteiger partial charge in [0.25, 0.3) is 0 Å². The predicted molar refractivity (Wildman–Crippen MR) is 89.0 cm³/mol. The predicted octanol–water partition coefficient (Wildman–Crippen LogP) is 2.11. The summed E-state index contributed by atoms with van der Waals surface area (Å²) in [7, 11) is 0. The smallest absolute Gasteiger partial charge is 0.225 e. The molecule has 1 aromatic rings. The third-order valence-corrected chi connectivity index (χ3v) is 5.49. The summed E-state index contributed by atoms with van der Waals surface area (Å²) in [5.74, 6) is 0.987. The number of benzene rings is 1. The van der Waals surface area contributed by atoms with Crippen LogP contribution in [0, 0.1) is 18.8 Å². The molecule has 1 saturated carbocycles. The number of rotatable bonds is 5. The molecule has 1 aliphatic carbocycles. The van der Waals surface area contributed by atoms with Gasteiger partial charge >= 0.3 is 0 Å². The number of hydrogen-bond donors (Lipinski definition) is 1. The van der Waals surface area contributed by atoms with E-state index in [1.54, 1.807) is 0 Å². The van der Waals surface area contributed by atoms with Crippen LogP contribution in [0.2, 0.25) is 0 Å². The summed E-state index contributed by atoms with van der Waals surface area (Å²) >= 11 is 0. The summed E-state index contributed by atoms with van der Waals surface area (Å²) in [4.78, 5) is 14.9. The minimum absolute atomic E-state index is 0.0422. The lowest BCUT2D eigenvalue weighted by molar-refractivity contribution is -0.128. The Labute approximate surface area is 138 Å². The lowest BCUT2D eigenvalue weighted by Gasteiger charge is -2.33. The number of likely N-dealkylation sites (tertiary alicyclic amines) is 1.